The molecule has 0 saturated heterocycles. The number of rotatable bonds is 5. The Bertz CT molecular complexity index is 1320. The molecule has 1 heterocycles. The molecule has 0 bridgehead atoms. The highest BCUT2D eigenvalue weighted by Crippen LogP contribution is 2.47. The number of carbonyl (C=O) groups excluding carboxylic acids is 1. The summed E-state index contributed by atoms with van der Waals surface area (Å²) in [4.78, 5) is 13.8. The Hall–Kier alpha value is -3.57. The minimum absolute atomic E-state index is 0.0594. The van der Waals surface area contributed by atoms with E-state index in [4.69, 9.17) is 26.2 Å². The fourth-order valence-corrected chi connectivity index (χ4v) is 5.30. The van der Waals surface area contributed by atoms with Crippen molar-refractivity contribution in [3.05, 3.63) is 100 Å². The first-order valence-corrected chi connectivity index (χ1v) is 12.1. The van der Waals surface area contributed by atoms with Crippen LogP contribution in [0.4, 0.5) is 0 Å². The second kappa shape index (κ2) is 9.96. The van der Waals surface area contributed by atoms with E-state index >= 15 is 0 Å². The van der Waals surface area contributed by atoms with Crippen LogP contribution in [0.1, 0.15) is 46.8 Å². The van der Waals surface area contributed by atoms with Crippen LogP contribution < -0.4 is 9.47 Å². The van der Waals surface area contributed by atoms with Gasteiger partial charge >= 0.3 is 0 Å². The van der Waals surface area contributed by atoms with Crippen LogP contribution in [0.25, 0.3) is 6.08 Å². The number of allylic oxidation sites excluding steroid dienone is 1. The Morgan fingerprint density at radius 2 is 1.74 bits per heavy atom. The van der Waals surface area contributed by atoms with Crippen LogP contribution in [-0.4, -0.2) is 30.8 Å². The number of benzene rings is 3. The van der Waals surface area contributed by atoms with Crippen LogP contribution in [0.3, 0.4) is 0 Å². The first kappa shape index (κ1) is 23.2. The lowest BCUT2D eigenvalue weighted by molar-refractivity contribution is 0.0678. The molecule has 0 aromatic heterocycles. The lowest BCUT2D eigenvalue weighted by Gasteiger charge is -2.30. The topological polar surface area (TPSA) is 51.1 Å². The molecule has 0 radical (unpaired) electrons. The lowest BCUT2D eigenvalue weighted by atomic mass is 9.77. The van der Waals surface area contributed by atoms with Gasteiger partial charge in [0.2, 0.25) is 0 Å². The van der Waals surface area contributed by atoms with Crippen molar-refractivity contribution in [2.24, 2.45) is 11.0 Å². The third kappa shape index (κ3) is 4.44. The van der Waals surface area contributed by atoms with E-state index in [1.54, 1.807) is 43.5 Å². The van der Waals surface area contributed by atoms with Crippen molar-refractivity contribution in [1.82, 2.24) is 5.01 Å². The number of carbonyl (C=O) groups is 1. The monoisotopic (exact) mass is 486 g/mol. The Kier molecular flexibility index (Phi) is 6.60. The van der Waals surface area contributed by atoms with Gasteiger partial charge in [-0.25, -0.2) is 5.01 Å². The van der Waals surface area contributed by atoms with Gasteiger partial charge in [-0.3, -0.25) is 4.79 Å². The molecule has 0 spiro atoms. The van der Waals surface area contributed by atoms with E-state index in [1.807, 2.05) is 48.5 Å². The van der Waals surface area contributed by atoms with Crippen molar-refractivity contribution in [1.29, 1.82) is 0 Å². The number of hydrogen-bond acceptors (Lipinski definition) is 4. The maximum atomic E-state index is 13.8. The summed E-state index contributed by atoms with van der Waals surface area (Å²) in [6.45, 7) is 0. The zero-order valence-corrected chi connectivity index (χ0v) is 20.5. The summed E-state index contributed by atoms with van der Waals surface area (Å²) in [5, 5.41) is 7.12. The summed E-state index contributed by atoms with van der Waals surface area (Å²) in [7, 11) is 3.34. The quantitative estimate of drug-likeness (QED) is 0.398. The second-order valence-corrected chi connectivity index (χ2v) is 9.18. The molecule has 6 heteroatoms. The highest BCUT2D eigenvalue weighted by Gasteiger charge is 2.45. The SMILES string of the molecule is COc1ccccc1/C=C1\CCC[C@H]2C1=NN(C(=O)c1cccc(Cl)c1)[C@@H]2c1ccccc1OC. The number of ether oxygens (including phenoxy) is 2. The molecule has 3 aromatic carbocycles. The highest BCUT2D eigenvalue weighted by atomic mass is 35.5. The van der Waals surface area contributed by atoms with Crippen LogP contribution in [0.5, 0.6) is 11.5 Å². The van der Waals surface area contributed by atoms with Crippen LogP contribution in [0, 0.1) is 5.92 Å². The third-order valence-electron chi connectivity index (χ3n) is 6.71. The van der Waals surface area contributed by atoms with Gasteiger partial charge in [-0.15, -0.1) is 0 Å². The molecular weight excluding hydrogens is 460 g/mol. The van der Waals surface area contributed by atoms with E-state index in [1.165, 1.54) is 0 Å². The van der Waals surface area contributed by atoms with Gasteiger partial charge in [-0.05, 0) is 61.2 Å². The molecule has 5 nitrogen and oxygen atoms in total. The first-order chi connectivity index (χ1) is 17.1. The van der Waals surface area contributed by atoms with Gasteiger partial charge in [0, 0.05) is 27.6 Å². The van der Waals surface area contributed by atoms with Gasteiger partial charge < -0.3 is 9.47 Å². The van der Waals surface area contributed by atoms with Crippen molar-refractivity contribution in [2.45, 2.75) is 25.3 Å². The van der Waals surface area contributed by atoms with E-state index in [0.717, 1.165) is 53.2 Å². The van der Waals surface area contributed by atoms with Crippen LogP contribution in [0.15, 0.2) is 83.5 Å². The van der Waals surface area contributed by atoms with Gasteiger partial charge in [0.25, 0.3) is 5.91 Å². The number of para-hydroxylation sites is 2. The van der Waals surface area contributed by atoms with E-state index in [9.17, 15) is 4.79 Å². The van der Waals surface area contributed by atoms with Gasteiger partial charge in [-0.1, -0.05) is 54.1 Å². The van der Waals surface area contributed by atoms with E-state index in [0.29, 0.717) is 10.6 Å². The molecule has 178 valence electrons. The Morgan fingerprint density at radius 1 is 1.00 bits per heavy atom. The normalized spacial score (nSPS) is 20.4. The van der Waals surface area contributed by atoms with Gasteiger partial charge in [0.05, 0.1) is 26.0 Å². The standard InChI is InChI=1S/C29H27ClN2O3/c1-34-25-15-5-3-9-19(25)17-20-10-8-14-24-27(20)31-32(29(33)21-11-7-12-22(30)18-21)28(24)23-13-4-6-16-26(23)35-2/h3-7,9,11-13,15-18,24,28H,8,10,14H2,1-2H3/b20-17+/t24-,28+/m0/s1. The van der Waals surface area contributed by atoms with E-state index in [2.05, 4.69) is 6.08 Å². The summed E-state index contributed by atoms with van der Waals surface area (Å²) in [6, 6.07) is 22.6. The number of hydrazone groups is 1. The number of amides is 1. The fourth-order valence-electron chi connectivity index (χ4n) is 5.11. The molecule has 3 aromatic rings. The smallest absolute Gasteiger partial charge is 0.274 e. The average molecular weight is 487 g/mol. The molecule has 0 N–H and O–H groups in total. The summed E-state index contributed by atoms with van der Waals surface area (Å²) in [5.41, 5.74) is 4.55. The maximum absolute atomic E-state index is 13.8. The van der Waals surface area contributed by atoms with Crippen LogP contribution >= 0.6 is 11.6 Å². The molecule has 0 unspecified atom stereocenters. The van der Waals surface area contributed by atoms with Crippen molar-refractivity contribution in [3.63, 3.8) is 0 Å². The maximum Gasteiger partial charge on any atom is 0.274 e. The molecule has 1 aliphatic heterocycles. The van der Waals surface area contributed by atoms with Crippen LogP contribution in [-0.2, 0) is 0 Å². The number of methoxy groups -OCH3 is 2. The molecule has 5 rings (SSSR count). The zero-order chi connectivity index (χ0) is 24.4. The third-order valence-corrected chi connectivity index (χ3v) is 6.94. The minimum Gasteiger partial charge on any atom is -0.496 e. The molecule has 2 atom stereocenters. The van der Waals surface area contributed by atoms with Gasteiger partial charge in [0.1, 0.15) is 11.5 Å². The number of fused-ring (bicyclic) bond motifs is 1. The highest BCUT2D eigenvalue weighted by molar-refractivity contribution is 6.31. The number of hydrogen-bond donors (Lipinski definition) is 0. The largest absolute Gasteiger partial charge is 0.496 e. The summed E-state index contributed by atoms with van der Waals surface area (Å²) >= 11 is 6.21. The molecule has 1 amide bonds. The van der Waals surface area contributed by atoms with E-state index < -0.39 is 0 Å². The predicted octanol–water partition coefficient (Wildman–Crippen LogP) is 6.79. The zero-order valence-electron chi connectivity index (χ0n) is 19.8. The molecule has 1 saturated carbocycles. The first-order valence-electron chi connectivity index (χ1n) is 11.7. The number of halogens is 1. The minimum atomic E-state index is -0.269. The molecular formula is C29H27ClN2O3. The van der Waals surface area contributed by atoms with E-state index in [-0.39, 0.29) is 17.9 Å². The molecule has 35 heavy (non-hydrogen) atoms. The second-order valence-electron chi connectivity index (χ2n) is 8.74. The fraction of sp³-hybridized carbons (Fsp3) is 0.241. The summed E-state index contributed by atoms with van der Waals surface area (Å²) in [6.07, 6.45) is 4.99. The van der Waals surface area contributed by atoms with Crippen molar-refractivity contribution >= 4 is 29.3 Å². The average Bonchev–Trinajstić information content (AvgIpc) is 3.29. The summed E-state index contributed by atoms with van der Waals surface area (Å²) < 4.78 is 11.3. The Balaban J connectivity index is 1.62. The van der Waals surface area contributed by atoms with Gasteiger partial charge in [0.15, 0.2) is 0 Å². The lowest BCUT2D eigenvalue weighted by Crippen LogP contribution is -2.32. The molecule has 1 aliphatic carbocycles. The van der Waals surface area contributed by atoms with Crippen LogP contribution in [0.2, 0.25) is 5.02 Å². The number of nitrogens with zero attached hydrogens (tertiary/aromatic N) is 2. The predicted molar refractivity (Wildman–Crippen MR) is 139 cm³/mol. The Labute approximate surface area is 210 Å². The molecule has 1 fully saturated rings. The summed E-state index contributed by atoms with van der Waals surface area (Å²) in [5.74, 6) is 1.44. The van der Waals surface area contributed by atoms with Crippen molar-refractivity contribution < 1.29 is 14.3 Å². The van der Waals surface area contributed by atoms with Crippen molar-refractivity contribution in [3.8, 4) is 11.5 Å². The molecule has 2 aliphatic rings. The Morgan fingerprint density at radius 3 is 2.51 bits per heavy atom. The van der Waals surface area contributed by atoms with Crippen molar-refractivity contribution in [2.75, 3.05) is 14.2 Å². The van der Waals surface area contributed by atoms with Gasteiger partial charge in [-0.2, -0.15) is 5.10 Å².